The van der Waals surface area contributed by atoms with Crippen molar-refractivity contribution in [3.8, 4) is 6.07 Å². The van der Waals surface area contributed by atoms with Crippen molar-refractivity contribution >= 4 is 12.0 Å². The number of aromatic nitrogens is 3. The molecule has 7 heteroatoms. The summed E-state index contributed by atoms with van der Waals surface area (Å²) in [5.74, 6) is 0.431. The van der Waals surface area contributed by atoms with Gasteiger partial charge in [0, 0.05) is 17.9 Å². The lowest BCUT2D eigenvalue weighted by molar-refractivity contribution is -0.144. The lowest BCUT2D eigenvalue weighted by atomic mass is 10.1. The molecule has 0 N–H and O–H groups in total. The third-order valence-corrected chi connectivity index (χ3v) is 3.98. The lowest BCUT2D eigenvalue weighted by Gasteiger charge is -2.12. The van der Waals surface area contributed by atoms with Crippen LogP contribution in [0, 0.1) is 38.0 Å². The molecule has 2 rings (SSSR count). The molecule has 1 atom stereocenters. The summed E-state index contributed by atoms with van der Waals surface area (Å²) in [6.07, 6.45) is 0.835. The van der Waals surface area contributed by atoms with Crippen LogP contribution in [0.25, 0.3) is 6.08 Å². The third kappa shape index (κ3) is 4.39. The molecule has 0 amide bonds. The fourth-order valence-corrected chi connectivity index (χ4v) is 2.66. The maximum Gasteiger partial charge on any atom is 0.349 e. The van der Waals surface area contributed by atoms with E-state index >= 15 is 0 Å². The zero-order chi connectivity index (χ0) is 19.4. The molecule has 0 aromatic carbocycles. The molecule has 0 aliphatic heterocycles. The molecule has 0 saturated heterocycles. The van der Waals surface area contributed by atoms with Gasteiger partial charge in [0.15, 0.2) is 11.9 Å². The van der Waals surface area contributed by atoms with Crippen molar-refractivity contribution in [2.24, 2.45) is 5.92 Å². The van der Waals surface area contributed by atoms with Gasteiger partial charge in [-0.25, -0.2) is 4.79 Å². The van der Waals surface area contributed by atoms with Crippen LogP contribution in [0.15, 0.2) is 16.2 Å². The van der Waals surface area contributed by atoms with Crippen molar-refractivity contribution in [2.45, 2.75) is 54.2 Å². The van der Waals surface area contributed by atoms with E-state index in [1.54, 1.807) is 19.9 Å². The van der Waals surface area contributed by atoms with Gasteiger partial charge in [0.1, 0.15) is 11.6 Å². The standard InChI is InChI=1S/C19H24N4O3/c1-11(2)10-23-12(3)7-16(13(23)4)8-17(9-20)19(24)25-14(5)18-21-15(6)22-26-18/h7-8,11,14H,10H2,1-6H3/b17-8+. The number of aryl methyl sites for hydroxylation is 2. The zero-order valence-electron chi connectivity index (χ0n) is 16.0. The summed E-state index contributed by atoms with van der Waals surface area (Å²) >= 11 is 0. The highest BCUT2D eigenvalue weighted by atomic mass is 16.6. The molecule has 7 nitrogen and oxygen atoms in total. The van der Waals surface area contributed by atoms with Crippen molar-refractivity contribution in [1.29, 1.82) is 5.26 Å². The number of hydrogen-bond donors (Lipinski definition) is 0. The molecule has 0 spiro atoms. The predicted octanol–water partition coefficient (Wildman–Crippen LogP) is 3.66. The number of nitrogens with zero attached hydrogens (tertiary/aromatic N) is 4. The minimum absolute atomic E-state index is 0.0714. The molecule has 0 aliphatic carbocycles. The molecule has 0 radical (unpaired) electrons. The van der Waals surface area contributed by atoms with E-state index in [4.69, 9.17) is 9.26 Å². The summed E-state index contributed by atoms with van der Waals surface area (Å²) in [4.78, 5) is 16.4. The first-order valence-electron chi connectivity index (χ1n) is 8.52. The number of ether oxygens (including phenoxy) is 1. The van der Waals surface area contributed by atoms with E-state index < -0.39 is 12.1 Å². The molecule has 0 bridgehead atoms. The molecule has 2 aromatic heterocycles. The van der Waals surface area contributed by atoms with Crippen molar-refractivity contribution in [3.05, 3.63) is 40.3 Å². The summed E-state index contributed by atoms with van der Waals surface area (Å²) in [6, 6.07) is 3.89. The van der Waals surface area contributed by atoms with E-state index in [1.165, 1.54) is 0 Å². The highest BCUT2D eigenvalue weighted by Crippen LogP contribution is 2.21. The number of carbonyl (C=O) groups excluding carboxylic acids is 1. The summed E-state index contributed by atoms with van der Waals surface area (Å²) in [5, 5.41) is 13.0. The largest absolute Gasteiger partial charge is 0.448 e. The van der Waals surface area contributed by atoms with Gasteiger partial charge < -0.3 is 13.8 Å². The summed E-state index contributed by atoms with van der Waals surface area (Å²) in [6.45, 7) is 12.5. The van der Waals surface area contributed by atoms with Gasteiger partial charge in [0.05, 0.1) is 0 Å². The Labute approximate surface area is 153 Å². The molecule has 0 saturated carbocycles. The second kappa shape index (κ2) is 8.00. The monoisotopic (exact) mass is 356 g/mol. The van der Waals surface area contributed by atoms with E-state index in [9.17, 15) is 10.1 Å². The fraction of sp³-hybridized carbons (Fsp3) is 0.474. The normalized spacial score (nSPS) is 12.9. The van der Waals surface area contributed by atoms with Gasteiger partial charge in [-0.1, -0.05) is 19.0 Å². The lowest BCUT2D eigenvalue weighted by Crippen LogP contribution is -2.11. The van der Waals surface area contributed by atoms with Crippen LogP contribution < -0.4 is 0 Å². The van der Waals surface area contributed by atoms with Crippen LogP contribution in [-0.4, -0.2) is 20.7 Å². The third-order valence-electron chi connectivity index (χ3n) is 3.98. The van der Waals surface area contributed by atoms with E-state index in [-0.39, 0.29) is 11.5 Å². The summed E-state index contributed by atoms with van der Waals surface area (Å²) in [7, 11) is 0. The number of rotatable bonds is 6. The van der Waals surface area contributed by atoms with Crippen LogP contribution in [0.4, 0.5) is 0 Å². The smallest absolute Gasteiger partial charge is 0.349 e. The maximum atomic E-state index is 12.3. The van der Waals surface area contributed by atoms with Crippen molar-refractivity contribution in [1.82, 2.24) is 14.7 Å². The number of hydrogen-bond acceptors (Lipinski definition) is 6. The average molecular weight is 356 g/mol. The average Bonchev–Trinajstić information content (AvgIpc) is 3.11. The molecule has 1 unspecified atom stereocenters. The fourth-order valence-electron chi connectivity index (χ4n) is 2.66. The van der Waals surface area contributed by atoms with Gasteiger partial charge in [0.2, 0.25) is 0 Å². The van der Waals surface area contributed by atoms with E-state index in [1.807, 2.05) is 26.0 Å². The second-order valence-corrected chi connectivity index (χ2v) is 6.73. The molecular weight excluding hydrogens is 332 g/mol. The number of esters is 1. The SMILES string of the molecule is Cc1noc(C(C)OC(=O)/C(C#N)=C/c2cc(C)n(CC(C)C)c2C)n1. The maximum absolute atomic E-state index is 12.3. The van der Waals surface area contributed by atoms with Gasteiger partial charge in [-0.3, -0.25) is 0 Å². The van der Waals surface area contributed by atoms with E-state index in [0.29, 0.717) is 11.7 Å². The quantitative estimate of drug-likeness (QED) is 0.445. The van der Waals surface area contributed by atoms with Crippen molar-refractivity contribution in [3.63, 3.8) is 0 Å². The first-order chi connectivity index (χ1) is 12.2. The van der Waals surface area contributed by atoms with Gasteiger partial charge in [-0.2, -0.15) is 10.2 Å². The molecule has 0 aliphatic rings. The Balaban J connectivity index is 2.22. The molecular formula is C19H24N4O3. The highest BCUT2D eigenvalue weighted by Gasteiger charge is 2.21. The van der Waals surface area contributed by atoms with Crippen LogP contribution >= 0.6 is 0 Å². The Bertz CT molecular complexity index is 868. The number of carbonyl (C=O) groups is 1. The zero-order valence-corrected chi connectivity index (χ0v) is 16.0. The van der Waals surface area contributed by atoms with E-state index in [2.05, 4.69) is 28.6 Å². The van der Waals surface area contributed by atoms with E-state index in [0.717, 1.165) is 23.5 Å². The minimum atomic E-state index is -0.728. The van der Waals surface area contributed by atoms with Crippen LogP contribution in [0.1, 0.15) is 55.5 Å². The van der Waals surface area contributed by atoms with Crippen LogP contribution in [-0.2, 0) is 16.1 Å². The molecule has 0 fully saturated rings. The Kier molecular flexibility index (Phi) is 5.98. The molecule has 2 aromatic rings. The van der Waals surface area contributed by atoms with Gasteiger partial charge in [-0.15, -0.1) is 0 Å². The predicted molar refractivity (Wildman–Crippen MR) is 95.9 cm³/mol. The first-order valence-corrected chi connectivity index (χ1v) is 8.52. The molecule has 2 heterocycles. The van der Waals surface area contributed by atoms with Crippen LogP contribution in [0.2, 0.25) is 0 Å². The Hall–Kier alpha value is -2.88. The minimum Gasteiger partial charge on any atom is -0.448 e. The van der Waals surface area contributed by atoms with Gasteiger partial charge >= 0.3 is 5.97 Å². The summed E-state index contributed by atoms with van der Waals surface area (Å²) < 4.78 is 12.5. The van der Waals surface area contributed by atoms with Crippen molar-refractivity contribution < 1.29 is 14.1 Å². The van der Waals surface area contributed by atoms with Crippen molar-refractivity contribution in [2.75, 3.05) is 0 Å². The second-order valence-electron chi connectivity index (χ2n) is 6.73. The molecule has 26 heavy (non-hydrogen) atoms. The number of nitriles is 1. The topological polar surface area (TPSA) is 93.9 Å². The van der Waals surface area contributed by atoms with Gasteiger partial charge in [0.25, 0.3) is 5.89 Å². The van der Waals surface area contributed by atoms with Crippen LogP contribution in [0.3, 0.4) is 0 Å². The highest BCUT2D eigenvalue weighted by molar-refractivity contribution is 5.98. The van der Waals surface area contributed by atoms with Gasteiger partial charge in [-0.05, 0) is 51.3 Å². The van der Waals surface area contributed by atoms with Crippen LogP contribution in [0.5, 0.6) is 0 Å². The molecule has 138 valence electrons. The Morgan fingerprint density at radius 3 is 2.62 bits per heavy atom. The summed E-state index contributed by atoms with van der Waals surface area (Å²) in [5.41, 5.74) is 2.86. The Morgan fingerprint density at radius 1 is 1.38 bits per heavy atom. The first kappa shape index (κ1) is 19.4. The Morgan fingerprint density at radius 2 is 2.08 bits per heavy atom.